The maximum atomic E-state index is 14.9. The van der Waals surface area contributed by atoms with E-state index in [1.165, 1.54) is 6.07 Å². The summed E-state index contributed by atoms with van der Waals surface area (Å²) in [5, 5.41) is 0. The van der Waals surface area contributed by atoms with Gasteiger partial charge in [0.1, 0.15) is 18.1 Å². The summed E-state index contributed by atoms with van der Waals surface area (Å²) < 4.78 is 79.0. The Labute approximate surface area is 191 Å². The van der Waals surface area contributed by atoms with Crippen LogP contribution in [0.3, 0.4) is 0 Å². The van der Waals surface area contributed by atoms with Gasteiger partial charge in [0.15, 0.2) is 16.9 Å². The Kier molecular flexibility index (Phi) is 5.15. The Morgan fingerprint density at radius 1 is 0.882 bits per heavy atom. The van der Waals surface area contributed by atoms with E-state index in [1.54, 1.807) is 48.5 Å². The number of para-hydroxylation sites is 2. The number of hydrogen-bond acceptors (Lipinski definition) is 5. The highest BCUT2D eigenvalue weighted by Gasteiger charge is 2.84. The predicted octanol–water partition coefficient (Wildman–Crippen LogP) is 5.86. The van der Waals surface area contributed by atoms with Gasteiger partial charge in [-0.2, -0.15) is 17.6 Å². The van der Waals surface area contributed by atoms with Crippen LogP contribution in [0.1, 0.15) is 17.5 Å². The van der Waals surface area contributed by atoms with E-state index in [0.29, 0.717) is 17.1 Å². The van der Waals surface area contributed by atoms with Crippen molar-refractivity contribution in [3.63, 3.8) is 0 Å². The summed E-state index contributed by atoms with van der Waals surface area (Å²) in [7, 11) is 0. The summed E-state index contributed by atoms with van der Waals surface area (Å²) in [6.07, 6.45) is -1.40. The SMILES string of the molecule is O=C(OCc1ccccc1Oc1ccccc1)C1(c2ccc3c(c2)OCO3)CC(F)(F)C1(F)F. The van der Waals surface area contributed by atoms with E-state index in [2.05, 4.69) is 0 Å². The first kappa shape index (κ1) is 22.1. The molecule has 5 nitrogen and oxygen atoms in total. The van der Waals surface area contributed by atoms with Crippen LogP contribution in [-0.2, 0) is 21.6 Å². The molecule has 3 aromatic carbocycles. The highest BCUT2D eigenvalue weighted by atomic mass is 19.3. The molecule has 5 rings (SSSR count). The van der Waals surface area contributed by atoms with Crippen molar-refractivity contribution in [3.05, 3.63) is 83.9 Å². The molecule has 0 aromatic heterocycles. The summed E-state index contributed by atoms with van der Waals surface area (Å²) in [5.74, 6) is -9.27. The lowest BCUT2D eigenvalue weighted by molar-refractivity contribution is -0.323. The van der Waals surface area contributed by atoms with Gasteiger partial charge in [-0.1, -0.05) is 42.5 Å². The third-order valence-electron chi connectivity index (χ3n) is 6.00. The molecule has 1 saturated carbocycles. The minimum atomic E-state index is -4.66. The molecule has 1 atom stereocenters. The Hall–Kier alpha value is -3.75. The van der Waals surface area contributed by atoms with Crippen molar-refractivity contribution < 1.29 is 41.3 Å². The molecule has 176 valence electrons. The van der Waals surface area contributed by atoms with Crippen LogP contribution in [0.2, 0.25) is 0 Å². The van der Waals surface area contributed by atoms with Crippen molar-refractivity contribution in [2.45, 2.75) is 30.3 Å². The van der Waals surface area contributed by atoms with E-state index in [0.717, 1.165) is 12.1 Å². The number of rotatable bonds is 6. The lowest BCUT2D eigenvalue weighted by Gasteiger charge is -2.51. The Morgan fingerprint density at radius 3 is 2.32 bits per heavy atom. The van der Waals surface area contributed by atoms with Crippen LogP contribution < -0.4 is 14.2 Å². The van der Waals surface area contributed by atoms with E-state index in [4.69, 9.17) is 18.9 Å². The van der Waals surface area contributed by atoms with Crippen molar-refractivity contribution in [2.24, 2.45) is 0 Å². The standard InChI is InChI=1S/C25H18F4O5/c26-24(27)14-23(25(24,28)29,17-10-11-20-21(12-17)33-15-32-20)22(30)31-13-16-6-4-5-9-19(16)34-18-7-2-1-3-8-18/h1-12H,13-15H2. The number of esters is 1. The second-order valence-corrected chi connectivity index (χ2v) is 8.03. The zero-order valence-corrected chi connectivity index (χ0v) is 17.6. The van der Waals surface area contributed by atoms with Gasteiger partial charge >= 0.3 is 17.8 Å². The van der Waals surface area contributed by atoms with Crippen molar-refractivity contribution >= 4 is 5.97 Å². The lowest BCUT2D eigenvalue weighted by Crippen LogP contribution is -2.72. The van der Waals surface area contributed by atoms with E-state index in [9.17, 15) is 22.4 Å². The molecule has 2 aliphatic rings. The summed E-state index contributed by atoms with van der Waals surface area (Å²) in [5.41, 5.74) is -2.81. The minimum Gasteiger partial charge on any atom is -0.460 e. The van der Waals surface area contributed by atoms with Crippen molar-refractivity contribution in [1.29, 1.82) is 0 Å². The third-order valence-corrected chi connectivity index (χ3v) is 6.00. The van der Waals surface area contributed by atoms with Gasteiger partial charge in [0.2, 0.25) is 6.79 Å². The van der Waals surface area contributed by atoms with Gasteiger partial charge in [0.25, 0.3) is 0 Å². The molecule has 0 bridgehead atoms. The molecule has 3 aromatic rings. The Balaban J connectivity index is 1.42. The zero-order chi connectivity index (χ0) is 24.0. The number of carbonyl (C=O) groups is 1. The van der Waals surface area contributed by atoms with Crippen molar-refractivity contribution in [2.75, 3.05) is 6.79 Å². The molecule has 1 aliphatic heterocycles. The number of carbonyl (C=O) groups excluding carboxylic acids is 1. The van der Waals surface area contributed by atoms with Crippen LogP contribution in [0.15, 0.2) is 72.8 Å². The second-order valence-electron chi connectivity index (χ2n) is 8.03. The molecule has 9 heteroatoms. The average Bonchev–Trinajstić information content (AvgIpc) is 3.30. The predicted molar refractivity (Wildman–Crippen MR) is 112 cm³/mol. The topological polar surface area (TPSA) is 54.0 Å². The second kappa shape index (κ2) is 7.93. The van der Waals surface area contributed by atoms with E-state index >= 15 is 0 Å². The first-order valence-electron chi connectivity index (χ1n) is 10.4. The highest BCUT2D eigenvalue weighted by molar-refractivity contribution is 5.87. The molecule has 1 aliphatic carbocycles. The molecule has 0 spiro atoms. The normalized spacial score (nSPS) is 21.4. The molecule has 1 unspecified atom stereocenters. The van der Waals surface area contributed by atoms with Crippen molar-refractivity contribution in [1.82, 2.24) is 0 Å². The van der Waals surface area contributed by atoms with E-state index < -0.39 is 36.3 Å². The van der Waals surface area contributed by atoms with E-state index in [1.807, 2.05) is 6.07 Å². The molecule has 1 heterocycles. The van der Waals surface area contributed by atoms with Crippen LogP contribution in [0.5, 0.6) is 23.0 Å². The van der Waals surface area contributed by atoms with Crippen LogP contribution in [0, 0.1) is 0 Å². The fourth-order valence-corrected chi connectivity index (χ4v) is 4.13. The quantitative estimate of drug-likeness (QED) is 0.331. The number of ether oxygens (including phenoxy) is 4. The van der Waals surface area contributed by atoms with Gasteiger partial charge in [-0.15, -0.1) is 0 Å². The summed E-state index contributed by atoms with van der Waals surface area (Å²) in [6, 6.07) is 18.9. The number of hydrogen-bond donors (Lipinski definition) is 0. The molecule has 0 saturated heterocycles. The van der Waals surface area contributed by atoms with Gasteiger partial charge in [-0.25, -0.2) is 0 Å². The molecule has 0 N–H and O–H groups in total. The van der Waals surface area contributed by atoms with Crippen LogP contribution >= 0.6 is 0 Å². The van der Waals surface area contributed by atoms with Crippen molar-refractivity contribution in [3.8, 4) is 23.0 Å². The minimum absolute atomic E-state index is 0.0947. The van der Waals surface area contributed by atoms with Crippen LogP contribution in [0.25, 0.3) is 0 Å². The Morgan fingerprint density at radius 2 is 1.59 bits per heavy atom. The number of fused-ring (bicyclic) bond motifs is 1. The van der Waals surface area contributed by atoms with Gasteiger partial charge in [0, 0.05) is 12.0 Å². The lowest BCUT2D eigenvalue weighted by atomic mass is 9.58. The van der Waals surface area contributed by atoms with E-state index in [-0.39, 0.29) is 23.9 Å². The first-order chi connectivity index (χ1) is 16.2. The summed E-state index contributed by atoms with van der Waals surface area (Å²) >= 11 is 0. The van der Waals surface area contributed by atoms with Gasteiger partial charge in [-0.3, -0.25) is 4.79 Å². The number of benzene rings is 3. The molecular formula is C25H18F4O5. The van der Waals surface area contributed by atoms with Crippen LogP contribution in [-0.4, -0.2) is 24.6 Å². The zero-order valence-electron chi connectivity index (χ0n) is 17.6. The molecule has 34 heavy (non-hydrogen) atoms. The number of alkyl halides is 4. The molecule has 1 fully saturated rings. The van der Waals surface area contributed by atoms with Gasteiger partial charge < -0.3 is 18.9 Å². The smallest absolute Gasteiger partial charge is 0.330 e. The summed E-state index contributed by atoms with van der Waals surface area (Å²) in [6.45, 7) is -0.587. The fourth-order valence-electron chi connectivity index (χ4n) is 4.13. The van der Waals surface area contributed by atoms with Crippen LogP contribution in [0.4, 0.5) is 17.6 Å². The highest BCUT2D eigenvalue weighted by Crippen LogP contribution is 2.65. The van der Waals surface area contributed by atoms with Gasteiger partial charge in [0.05, 0.1) is 0 Å². The monoisotopic (exact) mass is 474 g/mol. The summed E-state index contributed by atoms with van der Waals surface area (Å²) in [4.78, 5) is 13.0. The fraction of sp³-hybridized carbons (Fsp3) is 0.240. The van der Waals surface area contributed by atoms with Gasteiger partial charge in [-0.05, 0) is 35.9 Å². The number of halogens is 4. The first-order valence-corrected chi connectivity index (χ1v) is 10.4. The largest absolute Gasteiger partial charge is 0.460 e. The molecule has 0 amide bonds. The third kappa shape index (κ3) is 3.34. The maximum absolute atomic E-state index is 14.9. The Bertz CT molecular complexity index is 1230. The maximum Gasteiger partial charge on any atom is 0.330 e. The molecular weight excluding hydrogens is 456 g/mol. The average molecular weight is 474 g/mol. The molecule has 0 radical (unpaired) electrons.